The summed E-state index contributed by atoms with van der Waals surface area (Å²) in [5, 5.41) is 44.4. The number of hydrogen-bond donors (Lipinski definition) is 5. The second-order valence-electron chi connectivity index (χ2n) is 20.4. The van der Waals surface area contributed by atoms with Gasteiger partial charge in [-0.15, -0.1) is 0 Å². The fourth-order valence-corrected chi connectivity index (χ4v) is 6.52. The van der Waals surface area contributed by atoms with Crippen molar-refractivity contribution >= 4 is 101 Å². The predicted octanol–water partition coefficient (Wildman–Crippen LogP) is 1.10. The third-order valence-electron chi connectivity index (χ3n) is 11.9. The van der Waals surface area contributed by atoms with E-state index in [-0.39, 0.29) is 0 Å². The second kappa shape index (κ2) is 48.8. The van der Waals surface area contributed by atoms with Crippen LogP contribution in [0.2, 0.25) is 0 Å². The average molecular weight is 1390 g/mol. The summed E-state index contributed by atoms with van der Waals surface area (Å²) in [6.45, 7) is 12.7. The number of carboxylic acid groups (broad SMARTS) is 5. The normalized spacial score (nSPS) is 10.8. The molecule has 0 amide bonds. The summed E-state index contributed by atoms with van der Waals surface area (Å²) in [4.78, 5) is 199. The largest absolute Gasteiger partial charge is 0.481 e. The van der Waals surface area contributed by atoms with E-state index in [0.717, 1.165) is 42.5 Å². The molecule has 0 aliphatic rings. The highest BCUT2D eigenvalue weighted by Crippen LogP contribution is 2.29. The lowest BCUT2D eigenvalue weighted by molar-refractivity contribution is -0.176. The lowest BCUT2D eigenvalue weighted by Crippen LogP contribution is -2.47. The molecule has 0 atom stereocenters. The molecule has 0 saturated carbocycles. The Morgan fingerprint density at radius 2 is 0.330 bits per heavy atom. The second-order valence-corrected chi connectivity index (χ2v) is 20.4. The Balaban J connectivity index is 0. The Morgan fingerprint density at radius 3 is 0.443 bits per heavy atom. The lowest BCUT2D eigenvalue weighted by atomic mass is 9.90. The van der Waals surface area contributed by atoms with Gasteiger partial charge in [0, 0.05) is 42.5 Å². The molecule has 0 radical (unpaired) electrons. The van der Waals surface area contributed by atoms with Gasteiger partial charge in [0.2, 0.25) is 0 Å². The van der Waals surface area contributed by atoms with E-state index in [1.165, 1.54) is 0 Å². The molecule has 0 unspecified atom stereocenters. The van der Waals surface area contributed by atoms with Crippen LogP contribution in [0, 0.1) is 21.7 Å². The molecule has 0 heterocycles. The van der Waals surface area contributed by atoms with Crippen molar-refractivity contribution in [3.8, 4) is 0 Å². The van der Waals surface area contributed by atoms with Crippen molar-refractivity contribution in [2.24, 2.45) is 21.7 Å². The molecule has 0 aromatic heterocycles. The molecule has 0 fully saturated rings. The van der Waals surface area contributed by atoms with Crippen LogP contribution in [0.3, 0.4) is 0 Å². The zero-order chi connectivity index (χ0) is 74.0. The van der Waals surface area contributed by atoms with Crippen LogP contribution in [0.4, 0.5) is 0 Å². The first-order valence-electron chi connectivity index (χ1n) is 28.2. The standard InChI is InChI=1S/C31H40O19.C30H38O17/c1-4-24(38)45-15-30(16-46-25(39)5-2,18-48-27(41)10-7-21(32)33)13-44-14-31(17-47-26(40)6-3,19-49-28(42)11-8-22(34)35)20-50-29(43)12-9-23(36)37;1-5-23(35)42-15-29(16-43-24(36)6-2,19-46-27(39)11-9-21(31)32)13-41-14-30(17-44-25(37)7-3,18-45-26(38)8-4)20-47-28(40)12-10-22(33)34/h4-6H,1-3,7-20H2,(H,32,33)(H,34,35)(H,36,37);5-8H,1-4,9-20H2,(H,31,32)(H,33,34). The minimum absolute atomic E-state index is 0.523. The highest BCUT2D eigenvalue weighted by molar-refractivity contribution is 5.84. The van der Waals surface area contributed by atoms with Gasteiger partial charge in [-0.1, -0.05) is 46.1 Å². The summed E-state index contributed by atoms with van der Waals surface area (Å²) in [5.41, 5.74) is -6.79. The smallest absolute Gasteiger partial charge is 0.330 e. The quantitative estimate of drug-likeness (QED) is 0.0323. The molecule has 0 aliphatic heterocycles. The highest BCUT2D eigenvalue weighted by Gasteiger charge is 2.43. The third-order valence-corrected chi connectivity index (χ3v) is 11.9. The summed E-state index contributed by atoms with van der Waals surface area (Å²) >= 11 is 0. The van der Waals surface area contributed by atoms with E-state index in [1.807, 2.05) is 0 Å². The van der Waals surface area contributed by atoms with Gasteiger partial charge < -0.3 is 91.8 Å². The summed E-state index contributed by atoms with van der Waals surface area (Å²) < 4.78 is 73.5. The Bertz CT molecular complexity index is 2630. The molecule has 36 nitrogen and oxygen atoms in total. The molecule has 97 heavy (non-hydrogen) atoms. The predicted molar refractivity (Wildman–Crippen MR) is 319 cm³/mol. The first kappa shape index (κ1) is 88.1. The van der Waals surface area contributed by atoms with Crippen LogP contribution in [-0.4, -0.2) is 233 Å². The first-order valence-corrected chi connectivity index (χ1v) is 28.2. The van der Waals surface area contributed by atoms with Crippen LogP contribution in [0.25, 0.3) is 0 Å². The lowest BCUT2D eigenvalue weighted by Gasteiger charge is -2.35. The van der Waals surface area contributed by atoms with E-state index in [9.17, 15) is 81.5 Å². The van der Waals surface area contributed by atoms with Gasteiger partial charge in [0.15, 0.2) is 0 Å². The molecule has 0 bridgehead atoms. The molecule has 5 N–H and O–H groups in total. The fraction of sp³-hybridized carbons (Fsp3) is 0.492. The van der Waals surface area contributed by atoms with Crippen LogP contribution in [-0.2, 0) is 148 Å². The van der Waals surface area contributed by atoms with Gasteiger partial charge in [-0.3, -0.25) is 47.9 Å². The maximum absolute atomic E-state index is 12.3. The number of aliphatic carboxylic acids is 5. The molecule has 36 heteroatoms. The molecule has 0 saturated heterocycles. The zero-order valence-corrected chi connectivity index (χ0v) is 52.8. The Kier molecular flexibility index (Phi) is 44.3. The number of carbonyl (C=O) groups is 17. The van der Waals surface area contributed by atoms with Gasteiger partial charge in [-0.2, -0.15) is 0 Å². The molecule has 0 aromatic carbocycles. The summed E-state index contributed by atoms with van der Waals surface area (Å²) in [6, 6.07) is 0. The van der Waals surface area contributed by atoms with Gasteiger partial charge in [-0.25, -0.2) is 33.6 Å². The fourth-order valence-electron chi connectivity index (χ4n) is 6.52. The number of ether oxygens (including phenoxy) is 14. The first-order chi connectivity index (χ1) is 45.6. The molecule has 0 spiro atoms. The van der Waals surface area contributed by atoms with Crippen LogP contribution >= 0.6 is 0 Å². The van der Waals surface area contributed by atoms with Crippen LogP contribution in [0.1, 0.15) is 64.2 Å². The maximum Gasteiger partial charge on any atom is 0.330 e. The van der Waals surface area contributed by atoms with E-state index in [0.29, 0.717) is 0 Å². The van der Waals surface area contributed by atoms with Crippen LogP contribution < -0.4 is 0 Å². The Hall–Kier alpha value is -10.9. The minimum Gasteiger partial charge on any atom is -0.481 e. The van der Waals surface area contributed by atoms with Crippen molar-refractivity contribution in [1.29, 1.82) is 0 Å². The van der Waals surface area contributed by atoms with E-state index < -0.39 is 293 Å². The van der Waals surface area contributed by atoms with Gasteiger partial charge >= 0.3 is 101 Å². The molecular weight excluding hydrogens is 1310 g/mol. The van der Waals surface area contributed by atoms with Crippen LogP contribution in [0.15, 0.2) is 88.6 Å². The van der Waals surface area contributed by atoms with Crippen LogP contribution in [0.5, 0.6) is 0 Å². The number of carboxylic acids is 5. The van der Waals surface area contributed by atoms with E-state index >= 15 is 0 Å². The van der Waals surface area contributed by atoms with E-state index in [2.05, 4.69) is 46.1 Å². The van der Waals surface area contributed by atoms with Gasteiger partial charge in [0.1, 0.15) is 79.3 Å². The van der Waals surface area contributed by atoms with Gasteiger partial charge in [-0.05, 0) is 0 Å². The van der Waals surface area contributed by atoms with E-state index in [1.54, 1.807) is 0 Å². The number of rotatable bonds is 54. The SMILES string of the molecule is C=CC(=O)OCC(COCC(COC(=O)C=C)(COC(=O)C=C)COC(=O)CCC(=O)O)(COC(=O)C=C)COC(=O)CCC(=O)O.C=CC(=O)OCC(COCC(COC(=O)C=C)(COC(=O)CCC(=O)O)COC(=O)CCC(=O)O)(COC(=O)C=C)COC(=O)CCC(=O)O. The molecular formula is C61H78O36. The van der Waals surface area contributed by atoms with Crippen molar-refractivity contribution in [2.45, 2.75) is 64.2 Å². The number of hydrogen-bond acceptors (Lipinski definition) is 31. The minimum atomic E-state index is -1.77. The number of esters is 12. The maximum atomic E-state index is 12.3. The van der Waals surface area contributed by atoms with Crippen molar-refractivity contribution in [2.75, 3.05) is 106 Å². The molecule has 538 valence electrons. The summed E-state index contributed by atoms with van der Waals surface area (Å²) in [7, 11) is 0. The Labute approximate surface area is 553 Å². The van der Waals surface area contributed by atoms with Crippen molar-refractivity contribution < 1.29 is 173 Å². The van der Waals surface area contributed by atoms with Crippen molar-refractivity contribution in [3.63, 3.8) is 0 Å². The molecule has 0 rings (SSSR count). The third kappa shape index (κ3) is 43.6. The monoisotopic (exact) mass is 1390 g/mol. The highest BCUT2D eigenvalue weighted by atomic mass is 16.6. The topological polar surface area (TPSA) is 521 Å². The van der Waals surface area contributed by atoms with Crippen molar-refractivity contribution in [1.82, 2.24) is 0 Å². The van der Waals surface area contributed by atoms with Gasteiger partial charge in [0.05, 0.1) is 112 Å². The zero-order valence-electron chi connectivity index (χ0n) is 52.8. The molecule has 0 aromatic rings. The Morgan fingerprint density at radius 1 is 0.206 bits per heavy atom. The summed E-state index contributed by atoms with van der Waals surface area (Å²) in [5.74, 6) is -17.9. The van der Waals surface area contributed by atoms with E-state index in [4.69, 9.17) is 91.8 Å². The van der Waals surface area contributed by atoms with Gasteiger partial charge in [0.25, 0.3) is 0 Å². The molecule has 0 aliphatic carbocycles. The number of carbonyl (C=O) groups excluding carboxylic acids is 12. The summed E-state index contributed by atoms with van der Waals surface area (Å²) in [6.07, 6.45) is 0.0583. The van der Waals surface area contributed by atoms with Crippen molar-refractivity contribution in [3.05, 3.63) is 88.6 Å². The average Bonchev–Trinajstić information content (AvgIpc) is 0.859.